The molecule has 0 bridgehead atoms. The maximum atomic E-state index is 12.3. The third kappa shape index (κ3) is 10.1. The molecule has 0 aliphatic heterocycles. The van der Waals surface area contributed by atoms with E-state index in [1.807, 2.05) is 30.3 Å². The number of ether oxygens (including phenoxy) is 2. The van der Waals surface area contributed by atoms with Gasteiger partial charge in [0.05, 0.1) is 7.11 Å². The van der Waals surface area contributed by atoms with E-state index in [2.05, 4.69) is 10.6 Å². The molecule has 0 spiro atoms. The Kier molecular flexibility index (Phi) is 11.6. The molecule has 0 radical (unpaired) electrons. The topological polar surface area (TPSA) is 93.7 Å². The maximum absolute atomic E-state index is 12.3. The zero-order chi connectivity index (χ0) is 24.1. The summed E-state index contributed by atoms with van der Waals surface area (Å²) >= 11 is 12.1. The molecule has 178 valence electrons. The molecule has 0 saturated carbocycles. The summed E-state index contributed by atoms with van der Waals surface area (Å²) in [5.74, 6) is -0.807. The third-order valence-electron chi connectivity index (χ3n) is 4.82. The van der Waals surface area contributed by atoms with E-state index in [9.17, 15) is 14.4 Å². The van der Waals surface area contributed by atoms with Crippen LogP contribution < -0.4 is 10.6 Å². The molecule has 1 atom stereocenters. The first-order chi connectivity index (χ1) is 15.9. The lowest BCUT2D eigenvalue weighted by Gasteiger charge is -2.17. The van der Waals surface area contributed by atoms with Crippen LogP contribution in [-0.2, 0) is 32.1 Å². The van der Waals surface area contributed by atoms with Crippen molar-refractivity contribution in [1.82, 2.24) is 10.6 Å². The molecule has 0 aliphatic rings. The van der Waals surface area contributed by atoms with Gasteiger partial charge in [-0.25, -0.2) is 9.59 Å². The van der Waals surface area contributed by atoms with E-state index >= 15 is 0 Å². The fraction of sp³-hybridized carbons (Fsp3) is 0.375. The standard InChI is InChI=1S/C24H28Cl2N2O5/c1-32-23(30)21(14-18-11-12-19(25)15-20(18)26)28-22(29)10-6-3-7-13-27-24(31)33-16-17-8-4-2-5-9-17/h2,4-5,8-9,11-12,15,21H,3,6-7,10,13-14,16H2,1H3,(H,27,31)(H,28,29)/t21-/m0/s1. The first-order valence-electron chi connectivity index (χ1n) is 10.6. The fourth-order valence-corrected chi connectivity index (χ4v) is 3.55. The third-order valence-corrected chi connectivity index (χ3v) is 5.41. The van der Waals surface area contributed by atoms with Gasteiger partial charge in [-0.1, -0.05) is 66.0 Å². The van der Waals surface area contributed by atoms with Gasteiger partial charge in [0.15, 0.2) is 0 Å². The summed E-state index contributed by atoms with van der Waals surface area (Å²) in [6.07, 6.45) is 2.02. The molecule has 2 amide bonds. The first kappa shape index (κ1) is 26.5. The molecule has 9 heteroatoms. The number of carbonyl (C=O) groups is 3. The molecule has 2 aromatic carbocycles. The number of amides is 2. The second-order valence-corrected chi connectivity index (χ2v) is 8.23. The van der Waals surface area contributed by atoms with Crippen molar-refractivity contribution in [3.8, 4) is 0 Å². The van der Waals surface area contributed by atoms with Crippen LogP contribution in [0.15, 0.2) is 48.5 Å². The Morgan fingerprint density at radius 1 is 1.00 bits per heavy atom. The Morgan fingerprint density at radius 2 is 1.76 bits per heavy atom. The summed E-state index contributed by atoms with van der Waals surface area (Å²) in [6.45, 7) is 0.671. The number of benzene rings is 2. The van der Waals surface area contributed by atoms with Gasteiger partial charge in [0, 0.05) is 29.4 Å². The van der Waals surface area contributed by atoms with E-state index in [1.54, 1.807) is 18.2 Å². The molecular formula is C24H28Cl2N2O5. The van der Waals surface area contributed by atoms with Crippen molar-refractivity contribution in [2.45, 2.75) is 44.8 Å². The Balaban J connectivity index is 1.64. The average Bonchev–Trinajstić information content (AvgIpc) is 2.81. The summed E-state index contributed by atoms with van der Waals surface area (Å²) in [5.41, 5.74) is 1.60. The van der Waals surface area contributed by atoms with Crippen LogP contribution in [0.25, 0.3) is 0 Å². The van der Waals surface area contributed by atoms with Crippen LogP contribution in [0.2, 0.25) is 10.0 Å². The second kappa shape index (κ2) is 14.4. The number of hydrogen-bond donors (Lipinski definition) is 2. The highest BCUT2D eigenvalue weighted by Gasteiger charge is 2.22. The highest BCUT2D eigenvalue weighted by Crippen LogP contribution is 2.22. The van der Waals surface area contributed by atoms with Gasteiger partial charge in [-0.2, -0.15) is 0 Å². The Hall–Kier alpha value is -2.77. The number of unbranched alkanes of at least 4 members (excludes halogenated alkanes) is 2. The molecule has 2 rings (SSSR count). The fourth-order valence-electron chi connectivity index (χ4n) is 3.06. The maximum Gasteiger partial charge on any atom is 0.407 e. The van der Waals surface area contributed by atoms with E-state index < -0.39 is 18.1 Å². The van der Waals surface area contributed by atoms with Gasteiger partial charge in [0.2, 0.25) is 5.91 Å². The smallest absolute Gasteiger partial charge is 0.407 e. The van der Waals surface area contributed by atoms with Crippen LogP contribution in [-0.4, -0.2) is 37.7 Å². The number of esters is 1. The Bertz CT molecular complexity index is 924. The number of hydrogen-bond acceptors (Lipinski definition) is 5. The van der Waals surface area contributed by atoms with Gasteiger partial charge in [-0.15, -0.1) is 0 Å². The van der Waals surface area contributed by atoms with Crippen molar-refractivity contribution in [3.63, 3.8) is 0 Å². The van der Waals surface area contributed by atoms with E-state index in [0.29, 0.717) is 35.0 Å². The van der Waals surface area contributed by atoms with E-state index in [4.69, 9.17) is 32.7 Å². The lowest BCUT2D eigenvalue weighted by molar-refractivity contribution is -0.145. The SMILES string of the molecule is COC(=O)[C@H](Cc1ccc(Cl)cc1Cl)NC(=O)CCCCCNC(=O)OCc1ccccc1. The molecule has 0 heterocycles. The van der Waals surface area contributed by atoms with Crippen LogP contribution in [0.4, 0.5) is 4.79 Å². The van der Waals surface area contributed by atoms with Crippen LogP contribution in [0.1, 0.15) is 36.8 Å². The number of halogens is 2. The zero-order valence-corrected chi connectivity index (χ0v) is 20.0. The molecule has 0 fully saturated rings. The van der Waals surface area contributed by atoms with E-state index in [-0.39, 0.29) is 25.4 Å². The van der Waals surface area contributed by atoms with Gasteiger partial charge in [0.1, 0.15) is 12.6 Å². The zero-order valence-electron chi connectivity index (χ0n) is 18.4. The van der Waals surface area contributed by atoms with E-state index in [1.165, 1.54) is 7.11 Å². The summed E-state index contributed by atoms with van der Waals surface area (Å²) in [6, 6.07) is 13.5. The molecule has 0 aromatic heterocycles. The molecular weight excluding hydrogens is 467 g/mol. The minimum Gasteiger partial charge on any atom is -0.467 e. The van der Waals surface area contributed by atoms with Crippen LogP contribution in [0.5, 0.6) is 0 Å². The van der Waals surface area contributed by atoms with Crippen molar-refractivity contribution in [3.05, 3.63) is 69.7 Å². The van der Waals surface area contributed by atoms with Gasteiger partial charge < -0.3 is 20.1 Å². The second-order valence-electron chi connectivity index (χ2n) is 7.38. The first-order valence-corrected chi connectivity index (χ1v) is 11.4. The summed E-state index contributed by atoms with van der Waals surface area (Å²) < 4.78 is 9.94. The largest absolute Gasteiger partial charge is 0.467 e. The lowest BCUT2D eigenvalue weighted by atomic mass is 10.1. The highest BCUT2D eigenvalue weighted by atomic mass is 35.5. The molecule has 33 heavy (non-hydrogen) atoms. The van der Waals surface area contributed by atoms with Crippen molar-refractivity contribution in [2.24, 2.45) is 0 Å². The molecule has 0 aliphatic carbocycles. The Labute approximate surface area is 203 Å². The van der Waals surface area contributed by atoms with Crippen LogP contribution in [0.3, 0.4) is 0 Å². The predicted octanol–water partition coefficient (Wildman–Crippen LogP) is 4.68. The lowest BCUT2D eigenvalue weighted by Crippen LogP contribution is -2.43. The van der Waals surface area contributed by atoms with Gasteiger partial charge in [0.25, 0.3) is 0 Å². The minimum absolute atomic E-state index is 0.198. The monoisotopic (exact) mass is 494 g/mol. The Morgan fingerprint density at radius 3 is 2.45 bits per heavy atom. The van der Waals surface area contributed by atoms with Gasteiger partial charge >= 0.3 is 12.1 Å². The van der Waals surface area contributed by atoms with Crippen molar-refractivity contribution < 1.29 is 23.9 Å². The highest BCUT2D eigenvalue weighted by molar-refractivity contribution is 6.35. The summed E-state index contributed by atoms with van der Waals surface area (Å²) in [5, 5.41) is 6.30. The van der Waals surface area contributed by atoms with E-state index in [0.717, 1.165) is 12.0 Å². The quantitative estimate of drug-likeness (QED) is 0.330. The number of methoxy groups -OCH3 is 1. The summed E-state index contributed by atoms with van der Waals surface area (Å²) in [7, 11) is 1.27. The molecule has 2 N–H and O–H groups in total. The van der Waals surface area contributed by atoms with Crippen molar-refractivity contribution in [1.29, 1.82) is 0 Å². The van der Waals surface area contributed by atoms with Crippen molar-refractivity contribution >= 4 is 41.2 Å². The van der Waals surface area contributed by atoms with Crippen LogP contribution >= 0.6 is 23.2 Å². The molecule has 0 unspecified atom stereocenters. The van der Waals surface area contributed by atoms with Gasteiger partial charge in [-0.3, -0.25) is 4.79 Å². The predicted molar refractivity (Wildman–Crippen MR) is 127 cm³/mol. The normalized spacial score (nSPS) is 11.4. The summed E-state index contributed by atoms with van der Waals surface area (Å²) in [4.78, 5) is 36.1. The molecule has 0 saturated heterocycles. The number of carbonyl (C=O) groups excluding carboxylic acids is 3. The number of rotatable bonds is 12. The molecule has 7 nitrogen and oxygen atoms in total. The average molecular weight is 495 g/mol. The number of nitrogens with one attached hydrogen (secondary N) is 2. The van der Waals surface area contributed by atoms with Crippen molar-refractivity contribution in [2.75, 3.05) is 13.7 Å². The van der Waals surface area contributed by atoms with Gasteiger partial charge in [-0.05, 0) is 36.1 Å². The number of alkyl carbamates (subject to hydrolysis) is 1. The molecule has 2 aromatic rings. The minimum atomic E-state index is -0.845. The van der Waals surface area contributed by atoms with Crippen LogP contribution in [0, 0.1) is 0 Å².